The first-order valence-electron chi connectivity index (χ1n) is 28.1. The van der Waals surface area contributed by atoms with Crippen LogP contribution in [0, 0.1) is 23.7 Å². The molecule has 0 unspecified atom stereocenters. The van der Waals surface area contributed by atoms with Gasteiger partial charge in [0, 0.05) is 11.8 Å². The summed E-state index contributed by atoms with van der Waals surface area (Å²) in [4.78, 5) is 108. The predicted molar refractivity (Wildman–Crippen MR) is 335 cm³/mol. The van der Waals surface area contributed by atoms with Crippen molar-refractivity contribution in [2.75, 3.05) is 13.2 Å². The summed E-state index contributed by atoms with van der Waals surface area (Å²) < 4.78 is 14.0. The quantitative estimate of drug-likeness (QED) is 0.0298. The number of carboxylic acids is 1. The molecule has 0 bridgehead atoms. The van der Waals surface area contributed by atoms with Gasteiger partial charge in [0.1, 0.15) is 12.6 Å². The first-order chi connectivity index (χ1) is 41.4. The Bertz CT molecular complexity index is 3440. The summed E-state index contributed by atoms with van der Waals surface area (Å²) >= 11 is -0.178. The molecule has 0 saturated carbocycles. The van der Waals surface area contributed by atoms with Crippen LogP contribution in [0.15, 0.2) is 170 Å². The Hall–Kier alpha value is -7.87. The van der Waals surface area contributed by atoms with Crippen LogP contribution in [0.1, 0.15) is 120 Å². The second-order valence-electron chi connectivity index (χ2n) is 21.4. The van der Waals surface area contributed by atoms with Crippen LogP contribution >= 0.6 is 0 Å². The molecule has 7 aromatic rings. The van der Waals surface area contributed by atoms with Crippen LogP contribution < -0.4 is 24.0 Å². The van der Waals surface area contributed by atoms with E-state index in [1.54, 1.807) is 52.0 Å². The zero-order valence-corrected chi connectivity index (χ0v) is 53.6. The average molecular weight is 1350 g/mol. The van der Waals surface area contributed by atoms with Gasteiger partial charge in [0.05, 0.1) is 6.42 Å². The van der Waals surface area contributed by atoms with Crippen LogP contribution in [0.25, 0.3) is 22.3 Å². The predicted octanol–water partition coefficient (Wildman–Crippen LogP) is 8.06. The summed E-state index contributed by atoms with van der Waals surface area (Å²) in [5.41, 5.74) is 11.1. The molecular formula is C69H68N2O12Se3. The van der Waals surface area contributed by atoms with E-state index in [0.29, 0.717) is 10.0 Å². The molecule has 0 aromatic heterocycles. The molecule has 0 radical (unpaired) electrons. The number of carboxylic acid groups (broad SMARTS) is 1. The number of carbonyl (C=O) groups is 9. The van der Waals surface area contributed by atoms with Gasteiger partial charge >= 0.3 is 322 Å². The number of carbonyl (C=O) groups excluding carboxylic acids is 8. The normalized spacial score (nSPS) is 13.3. The monoisotopic (exact) mass is 1360 g/mol. The van der Waals surface area contributed by atoms with Gasteiger partial charge in [-0.15, -0.1) is 0 Å². The number of aldehydes is 3. The number of fused-ring (bicyclic) bond motifs is 6. The van der Waals surface area contributed by atoms with Gasteiger partial charge in [0.15, 0.2) is 0 Å². The number of rotatable bonds is 24. The van der Waals surface area contributed by atoms with Crippen LogP contribution in [-0.2, 0) is 38.2 Å². The van der Waals surface area contributed by atoms with Gasteiger partial charge in [0.25, 0.3) is 0 Å². The van der Waals surface area contributed by atoms with Gasteiger partial charge in [-0.3, -0.25) is 9.59 Å². The number of nitrogens with one attached hydrogen (secondary N) is 2. The van der Waals surface area contributed by atoms with E-state index in [4.69, 9.17) is 9.47 Å². The molecule has 7 aromatic carbocycles. The minimum atomic E-state index is -1.09. The Morgan fingerprint density at radius 1 is 0.442 bits per heavy atom. The zero-order valence-electron chi connectivity index (χ0n) is 48.5. The van der Waals surface area contributed by atoms with Gasteiger partial charge in [-0.1, -0.05) is 106 Å². The fraction of sp³-hybridized carbons (Fsp3) is 0.261. The molecule has 0 fully saturated rings. The Labute approximate surface area is 519 Å². The number of esters is 2. The van der Waals surface area contributed by atoms with Crippen molar-refractivity contribution in [1.82, 2.24) is 10.6 Å². The van der Waals surface area contributed by atoms with E-state index in [0.717, 1.165) is 83.4 Å². The molecule has 3 N–H and O–H groups in total. The van der Waals surface area contributed by atoms with Crippen molar-refractivity contribution in [3.8, 4) is 22.3 Å². The first kappa shape index (κ1) is 65.7. The molecule has 17 heteroatoms. The Morgan fingerprint density at radius 2 is 0.744 bits per heavy atom. The summed E-state index contributed by atoms with van der Waals surface area (Å²) in [6.45, 7) is 10.8. The number of benzene rings is 7. The third-order valence-corrected chi connectivity index (χ3v) is 24.1. The maximum absolute atomic E-state index is 13.1. The molecule has 2 aliphatic carbocycles. The molecule has 0 aliphatic heterocycles. The zero-order chi connectivity index (χ0) is 61.9. The molecule has 86 heavy (non-hydrogen) atoms. The van der Waals surface area contributed by atoms with E-state index < -0.39 is 62.7 Å². The SMILES string of the molecule is CC(C)[C@H](NC(=O)[C@H](C)CC(=O)OCC1c2ccccc2-c2ccccc21)C(=O)O.CC(C)[C@H](NC(=O)[C@H](C)CC(=O)OCC1c2ccccc2-c2ccccc21)C(=O)[Se]c1ccccc1C=O.O=Cc1ccccc1[Se][Se]c1ccccc1C=O. The molecule has 2 amide bonds. The molecule has 444 valence electrons. The van der Waals surface area contributed by atoms with E-state index in [1.165, 1.54) is 0 Å². The van der Waals surface area contributed by atoms with Crippen molar-refractivity contribution in [3.63, 3.8) is 0 Å². The van der Waals surface area contributed by atoms with Crippen molar-refractivity contribution in [2.24, 2.45) is 23.7 Å². The average Bonchev–Trinajstić information content (AvgIpc) is 2.42. The van der Waals surface area contributed by atoms with E-state index in [9.17, 15) is 48.3 Å². The summed E-state index contributed by atoms with van der Waals surface area (Å²) in [7, 11) is 0. The van der Waals surface area contributed by atoms with Gasteiger partial charge < -0.3 is 15.2 Å². The second-order valence-corrected chi connectivity index (χ2v) is 29.8. The molecular weight excluding hydrogens is 1290 g/mol. The molecule has 4 atom stereocenters. The van der Waals surface area contributed by atoms with Gasteiger partial charge in [0.2, 0.25) is 5.91 Å². The van der Waals surface area contributed by atoms with Crippen molar-refractivity contribution < 1.29 is 57.7 Å². The van der Waals surface area contributed by atoms with Crippen molar-refractivity contribution >= 4 is 108 Å². The molecule has 14 nitrogen and oxygen atoms in total. The van der Waals surface area contributed by atoms with Gasteiger partial charge in [-0.05, 0) is 28.2 Å². The third kappa shape index (κ3) is 17.2. The molecule has 0 saturated heterocycles. The summed E-state index contributed by atoms with van der Waals surface area (Å²) in [6.07, 6.45) is 2.35. The number of amides is 2. The van der Waals surface area contributed by atoms with E-state index in [2.05, 4.69) is 47.0 Å². The van der Waals surface area contributed by atoms with Crippen LogP contribution in [0.3, 0.4) is 0 Å². The van der Waals surface area contributed by atoms with Crippen molar-refractivity contribution in [2.45, 2.75) is 78.3 Å². The van der Waals surface area contributed by atoms with Crippen LogP contribution in [0.2, 0.25) is 0 Å². The second kappa shape index (κ2) is 32.0. The maximum atomic E-state index is 13.1. The fourth-order valence-corrected chi connectivity index (χ4v) is 19.2. The molecule has 0 heterocycles. The van der Waals surface area contributed by atoms with E-state index in [1.807, 2.05) is 123 Å². The van der Waals surface area contributed by atoms with Gasteiger partial charge in [-0.25, -0.2) is 4.79 Å². The molecule has 0 spiro atoms. The number of hydrogen-bond acceptors (Lipinski definition) is 11. The minimum absolute atomic E-state index is 0.0391. The first-order valence-corrected chi connectivity index (χ1v) is 35.9. The van der Waals surface area contributed by atoms with Crippen LogP contribution in [0.4, 0.5) is 0 Å². The summed E-state index contributed by atoms with van der Waals surface area (Å²) in [5, 5.41) is 14.5. The van der Waals surface area contributed by atoms with E-state index in [-0.39, 0.29) is 86.6 Å². The Balaban J connectivity index is 0.000000196. The van der Waals surface area contributed by atoms with Gasteiger partial charge in [-0.2, -0.15) is 0 Å². The van der Waals surface area contributed by atoms with Crippen molar-refractivity contribution in [1.29, 1.82) is 0 Å². The number of hydrogen-bond donors (Lipinski definition) is 3. The molecule has 9 rings (SSSR count). The van der Waals surface area contributed by atoms with Crippen LogP contribution in [-0.4, -0.2) is 125 Å². The third-order valence-electron chi connectivity index (χ3n) is 14.6. The fourth-order valence-electron chi connectivity index (χ4n) is 9.88. The Morgan fingerprint density at radius 3 is 1.08 bits per heavy atom. The van der Waals surface area contributed by atoms with E-state index >= 15 is 0 Å². The summed E-state index contributed by atoms with van der Waals surface area (Å²) in [5.74, 6) is -4.68. The summed E-state index contributed by atoms with van der Waals surface area (Å²) in [6, 6.07) is 53.0. The topological polar surface area (TPSA) is 216 Å². The van der Waals surface area contributed by atoms with Crippen molar-refractivity contribution in [3.05, 3.63) is 209 Å². The molecule has 2 aliphatic rings. The number of aliphatic carboxylic acids is 1. The van der Waals surface area contributed by atoms with Crippen LogP contribution in [0.5, 0.6) is 0 Å². The number of ether oxygens (including phenoxy) is 2. The Kier molecular flexibility index (Phi) is 24.5. The standard InChI is InChI=1S/C31H31NO5Se.C24H27NO5.C14H10O2Se2/c1-19(2)29(31(36)38-27-15-9-4-10-21(27)17-33)32-30(35)20(3)16-28(34)37-18-26-24-13-7-5-11-22(24)23-12-6-8-14-25(23)26;1-14(2)22(24(28)29)25-23(27)15(3)12-21(26)30-13-20-18-10-6-4-8-16(18)17-9-5-7-11-19(17)20;15-9-11-5-1-3-7-13(11)17-18-14-8-4-2-6-12(14)10-16/h4-15,17,19-20,26,29H,16,18H2,1-3H3,(H,32,35);4-11,14-15,20,22H,12-13H2,1-3H3,(H,25,27)(H,28,29);1-10H/t20-,29+;15-,22+;/m11./s1.